The van der Waals surface area contributed by atoms with Crippen molar-refractivity contribution in [3.8, 4) is 17.0 Å². The molecule has 0 saturated carbocycles. The van der Waals surface area contributed by atoms with E-state index in [9.17, 15) is 9.18 Å². The summed E-state index contributed by atoms with van der Waals surface area (Å²) >= 11 is 1.65. The predicted molar refractivity (Wildman–Crippen MR) is 153 cm³/mol. The van der Waals surface area contributed by atoms with Gasteiger partial charge < -0.3 is 10.1 Å². The Kier molecular flexibility index (Phi) is 6.78. The zero-order chi connectivity index (χ0) is 27.1. The van der Waals surface area contributed by atoms with Crippen LogP contribution in [0.3, 0.4) is 0 Å². The lowest BCUT2D eigenvalue weighted by molar-refractivity contribution is 0.0868. The van der Waals surface area contributed by atoms with Gasteiger partial charge in [0, 0.05) is 47.8 Å². The highest BCUT2D eigenvalue weighted by Gasteiger charge is 2.28. The number of carbonyl (C=O) groups is 1. The zero-order valence-electron chi connectivity index (χ0n) is 22.1. The second-order valence-corrected chi connectivity index (χ2v) is 11.6. The molecule has 2 aromatic heterocycles. The van der Waals surface area contributed by atoms with Gasteiger partial charge in [0.1, 0.15) is 11.6 Å². The van der Waals surface area contributed by atoms with Crippen molar-refractivity contribution in [2.75, 3.05) is 20.2 Å². The van der Waals surface area contributed by atoms with Gasteiger partial charge in [-0.3, -0.25) is 14.8 Å². The Labute approximate surface area is 230 Å². The Hall–Kier alpha value is -3.82. The van der Waals surface area contributed by atoms with Crippen molar-refractivity contribution >= 4 is 38.4 Å². The van der Waals surface area contributed by atoms with Gasteiger partial charge in [0.2, 0.25) is 0 Å². The van der Waals surface area contributed by atoms with Crippen molar-refractivity contribution in [3.05, 3.63) is 76.5 Å². The third-order valence-corrected chi connectivity index (χ3v) is 8.28. The number of carbonyl (C=O) groups excluding carboxylic acids is 1. The van der Waals surface area contributed by atoms with Crippen molar-refractivity contribution in [3.63, 3.8) is 0 Å². The summed E-state index contributed by atoms with van der Waals surface area (Å²) < 4.78 is 21.1. The Bertz CT molecular complexity index is 1680. The lowest BCUT2D eigenvalue weighted by atomic mass is 9.95. The van der Waals surface area contributed by atoms with Crippen LogP contribution in [0.1, 0.15) is 34.3 Å². The van der Waals surface area contributed by atoms with Gasteiger partial charge in [0.25, 0.3) is 5.91 Å². The molecule has 9 heteroatoms. The summed E-state index contributed by atoms with van der Waals surface area (Å²) in [6.45, 7) is 6.07. The summed E-state index contributed by atoms with van der Waals surface area (Å²) in [6.07, 6.45) is 0.865. The van der Waals surface area contributed by atoms with E-state index in [2.05, 4.69) is 38.4 Å². The Morgan fingerprint density at radius 3 is 2.92 bits per heavy atom. The molecule has 0 bridgehead atoms. The first kappa shape index (κ1) is 25.5. The lowest BCUT2D eigenvalue weighted by Gasteiger charge is -2.37. The number of H-pyrrole nitrogens is 1. The van der Waals surface area contributed by atoms with Crippen LogP contribution in [0.15, 0.2) is 54.6 Å². The smallest absolute Gasteiger partial charge is 0.251 e. The number of likely N-dealkylation sites (tertiary alicyclic amines) is 1. The minimum absolute atomic E-state index is 0.0458. The zero-order valence-corrected chi connectivity index (χ0v) is 22.9. The molecule has 200 valence electrons. The Morgan fingerprint density at radius 2 is 2.08 bits per heavy atom. The van der Waals surface area contributed by atoms with Crippen LogP contribution in [-0.4, -0.2) is 52.2 Å². The second kappa shape index (κ2) is 10.4. The fourth-order valence-corrected chi connectivity index (χ4v) is 6.50. The number of methoxy groups -OCH3 is 1. The number of ether oxygens (including phenoxy) is 1. The number of aromatic nitrogens is 3. The predicted octanol–water partition coefficient (Wildman–Crippen LogP) is 5.94. The number of fused-ring (bicyclic) bond motifs is 2. The van der Waals surface area contributed by atoms with Crippen molar-refractivity contribution in [1.29, 1.82) is 0 Å². The van der Waals surface area contributed by atoms with Gasteiger partial charge in [0.05, 0.1) is 33.5 Å². The molecule has 3 aromatic carbocycles. The molecule has 1 aliphatic heterocycles. The van der Waals surface area contributed by atoms with Gasteiger partial charge in [-0.1, -0.05) is 19.1 Å². The third kappa shape index (κ3) is 5.12. The fourth-order valence-electron chi connectivity index (χ4n) is 5.63. The van der Waals surface area contributed by atoms with E-state index in [1.54, 1.807) is 30.6 Å². The topological polar surface area (TPSA) is 83.1 Å². The number of nitrogens with zero attached hydrogens (tertiary/aromatic N) is 3. The Balaban J connectivity index is 1.21. The van der Waals surface area contributed by atoms with Gasteiger partial charge in [-0.2, -0.15) is 5.10 Å². The number of amides is 1. The normalized spacial score (nSPS) is 18.1. The summed E-state index contributed by atoms with van der Waals surface area (Å²) in [5.74, 6) is 0.500. The van der Waals surface area contributed by atoms with E-state index < -0.39 is 0 Å². The van der Waals surface area contributed by atoms with Crippen LogP contribution in [-0.2, 0) is 6.54 Å². The molecule has 2 N–H and O–H groups in total. The maximum Gasteiger partial charge on any atom is 0.251 e. The molecule has 2 atom stereocenters. The number of piperidine rings is 1. The summed E-state index contributed by atoms with van der Waals surface area (Å²) in [7, 11) is 1.56. The van der Waals surface area contributed by atoms with E-state index in [-0.39, 0.29) is 17.8 Å². The second-order valence-electron chi connectivity index (χ2n) is 10.4. The van der Waals surface area contributed by atoms with E-state index in [0.29, 0.717) is 35.9 Å². The number of hydrogen-bond donors (Lipinski definition) is 2. The minimum atomic E-state index is -0.276. The largest absolute Gasteiger partial charge is 0.496 e. The van der Waals surface area contributed by atoms with Crippen LogP contribution in [0.4, 0.5) is 4.39 Å². The van der Waals surface area contributed by atoms with Crippen LogP contribution in [0.25, 0.3) is 32.4 Å². The Morgan fingerprint density at radius 1 is 1.21 bits per heavy atom. The van der Waals surface area contributed by atoms with Crippen molar-refractivity contribution in [1.82, 2.24) is 25.4 Å². The molecular formula is C30H30FN5O2S. The monoisotopic (exact) mass is 543 g/mol. The van der Waals surface area contributed by atoms with Crippen LogP contribution >= 0.6 is 11.3 Å². The van der Waals surface area contributed by atoms with Crippen LogP contribution < -0.4 is 10.1 Å². The quantitative estimate of drug-likeness (QED) is 0.277. The number of aryl methyl sites for hydroxylation is 1. The molecule has 1 unspecified atom stereocenters. The molecule has 1 amide bonds. The molecule has 0 radical (unpaired) electrons. The maximum atomic E-state index is 14.6. The van der Waals surface area contributed by atoms with E-state index in [1.807, 2.05) is 37.3 Å². The number of nitrogens with one attached hydrogen (secondary N) is 2. The van der Waals surface area contributed by atoms with Gasteiger partial charge >= 0.3 is 0 Å². The van der Waals surface area contributed by atoms with Crippen molar-refractivity contribution in [2.24, 2.45) is 5.92 Å². The van der Waals surface area contributed by atoms with Crippen LogP contribution in [0.5, 0.6) is 5.75 Å². The summed E-state index contributed by atoms with van der Waals surface area (Å²) in [5.41, 5.74) is 4.77. The molecule has 0 aliphatic carbocycles. The SMILES string of the molecule is COc1cccc(F)c1CN1CC(NC(=O)c2ccc3[nH]nc(-c4ccc5nc(C)sc5c4)c3c2)C[C@H](C)C1. The number of benzene rings is 3. The molecule has 39 heavy (non-hydrogen) atoms. The third-order valence-electron chi connectivity index (χ3n) is 7.34. The fraction of sp³-hybridized carbons (Fsp3) is 0.300. The number of thiazole rings is 1. The summed E-state index contributed by atoms with van der Waals surface area (Å²) in [5, 5.41) is 12.8. The van der Waals surface area contributed by atoms with Gasteiger partial charge in [-0.15, -0.1) is 11.3 Å². The molecule has 6 rings (SSSR count). The van der Waals surface area contributed by atoms with E-state index in [0.717, 1.165) is 50.4 Å². The molecule has 1 aliphatic rings. The number of aromatic amines is 1. The first-order valence-electron chi connectivity index (χ1n) is 13.1. The molecule has 3 heterocycles. The van der Waals surface area contributed by atoms with Gasteiger partial charge in [-0.25, -0.2) is 9.37 Å². The average molecular weight is 544 g/mol. The number of halogens is 1. The molecule has 1 fully saturated rings. The maximum absolute atomic E-state index is 14.6. The van der Waals surface area contributed by atoms with E-state index in [4.69, 9.17) is 4.74 Å². The highest BCUT2D eigenvalue weighted by molar-refractivity contribution is 7.18. The molecular weight excluding hydrogens is 513 g/mol. The molecule has 1 saturated heterocycles. The highest BCUT2D eigenvalue weighted by Crippen LogP contribution is 2.32. The first-order chi connectivity index (χ1) is 18.9. The molecule has 0 spiro atoms. The van der Waals surface area contributed by atoms with Gasteiger partial charge in [-0.05, 0) is 61.7 Å². The molecule has 5 aromatic rings. The number of hydrogen-bond acceptors (Lipinski definition) is 6. The number of rotatable bonds is 6. The summed E-state index contributed by atoms with van der Waals surface area (Å²) in [6, 6.07) is 16.6. The standard InChI is InChI=1S/C30H30FN5O2S/c1-17-11-21(15-36(14-17)16-23-24(31)5-4-6-27(23)38-3)33-30(37)20-8-9-25-22(12-20)29(35-34-25)19-7-10-26-28(13-19)39-18(2)32-26/h4-10,12-13,17,21H,11,14-16H2,1-3H3,(H,33,37)(H,34,35)/t17-,21?/m0/s1. The highest BCUT2D eigenvalue weighted by atomic mass is 32.1. The lowest BCUT2D eigenvalue weighted by Crippen LogP contribution is -2.50. The molecule has 7 nitrogen and oxygen atoms in total. The van der Waals surface area contributed by atoms with E-state index >= 15 is 0 Å². The van der Waals surface area contributed by atoms with Crippen LogP contribution in [0, 0.1) is 18.7 Å². The van der Waals surface area contributed by atoms with Crippen molar-refractivity contribution in [2.45, 2.75) is 32.9 Å². The van der Waals surface area contributed by atoms with Crippen LogP contribution in [0.2, 0.25) is 0 Å². The minimum Gasteiger partial charge on any atom is -0.496 e. The van der Waals surface area contributed by atoms with Crippen molar-refractivity contribution < 1.29 is 13.9 Å². The van der Waals surface area contributed by atoms with Gasteiger partial charge in [0.15, 0.2) is 0 Å². The first-order valence-corrected chi connectivity index (χ1v) is 13.9. The summed E-state index contributed by atoms with van der Waals surface area (Å²) in [4.78, 5) is 20.1. The van der Waals surface area contributed by atoms with E-state index in [1.165, 1.54) is 6.07 Å². The average Bonchev–Trinajstić information content (AvgIpc) is 3.51.